The average Bonchev–Trinajstić information content (AvgIpc) is 3.18. The molecule has 0 atom stereocenters. The molecule has 7 nitrogen and oxygen atoms in total. The quantitative estimate of drug-likeness (QED) is 0.596. The van der Waals surface area contributed by atoms with Crippen LogP contribution in [-0.4, -0.2) is 34.3 Å². The van der Waals surface area contributed by atoms with Gasteiger partial charge in [0.05, 0.1) is 11.9 Å². The molecule has 0 unspecified atom stereocenters. The third-order valence-electron chi connectivity index (χ3n) is 3.13. The van der Waals surface area contributed by atoms with Gasteiger partial charge in [-0.05, 0) is 6.07 Å². The molecule has 20 heavy (non-hydrogen) atoms. The van der Waals surface area contributed by atoms with Crippen LogP contribution in [0.4, 0.5) is 0 Å². The number of aromatic amines is 1. The van der Waals surface area contributed by atoms with Crippen LogP contribution in [0.3, 0.4) is 0 Å². The van der Waals surface area contributed by atoms with Gasteiger partial charge in [-0.3, -0.25) is 14.2 Å². The SMILES string of the molecule is Cn1cc(-c2cc3nccn3c(-c3ccn[nH]3)n2)cn1. The summed E-state index contributed by atoms with van der Waals surface area (Å²) in [5, 5.41) is 11.1. The summed E-state index contributed by atoms with van der Waals surface area (Å²) in [6, 6.07) is 3.83. The molecule has 1 N–H and O–H groups in total. The summed E-state index contributed by atoms with van der Waals surface area (Å²) in [7, 11) is 1.88. The smallest absolute Gasteiger partial charge is 0.164 e. The van der Waals surface area contributed by atoms with Gasteiger partial charge < -0.3 is 0 Å². The zero-order chi connectivity index (χ0) is 13.5. The molecule has 0 aliphatic rings. The minimum Gasteiger partial charge on any atom is -0.283 e. The zero-order valence-corrected chi connectivity index (χ0v) is 10.7. The van der Waals surface area contributed by atoms with E-state index in [1.165, 1.54) is 0 Å². The number of nitrogens with zero attached hydrogens (tertiary/aromatic N) is 6. The van der Waals surface area contributed by atoms with Gasteiger partial charge in [0.15, 0.2) is 5.82 Å². The Hall–Kier alpha value is -2.96. The molecule has 0 bridgehead atoms. The third-order valence-corrected chi connectivity index (χ3v) is 3.13. The summed E-state index contributed by atoms with van der Waals surface area (Å²) in [6.07, 6.45) is 9.06. The third kappa shape index (κ3) is 1.60. The van der Waals surface area contributed by atoms with Crippen molar-refractivity contribution in [3.8, 4) is 22.8 Å². The number of fused-ring (bicyclic) bond motifs is 1. The predicted molar refractivity (Wildman–Crippen MR) is 72.8 cm³/mol. The number of aryl methyl sites for hydroxylation is 1. The number of hydrogen-bond donors (Lipinski definition) is 1. The molecule has 4 heterocycles. The first-order valence-electron chi connectivity index (χ1n) is 6.14. The van der Waals surface area contributed by atoms with Crippen LogP contribution in [0.2, 0.25) is 0 Å². The molecule has 0 aromatic carbocycles. The van der Waals surface area contributed by atoms with Gasteiger partial charge in [-0.2, -0.15) is 10.2 Å². The largest absolute Gasteiger partial charge is 0.283 e. The molecule has 4 rings (SSSR count). The molecule has 0 spiro atoms. The number of aromatic nitrogens is 7. The number of hydrogen-bond acceptors (Lipinski definition) is 4. The summed E-state index contributed by atoms with van der Waals surface area (Å²) in [4.78, 5) is 9.04. The molecular weight excluding hydrogens is 254 g/mol. The average molecular weight is 265 g/mol. The Bertz CT molecular complexity index is 869. The molecule has 0 aliphatic carbocycles. The number of H-pyrrole nitrogens is 1. The first-order chi connectivity index (χ1) is 9.81. The van der Waals surface area contributed by atoms with Crippen molar-refractivity contribution in [1.29, 1.82) is 0 Å². The molecule has 7 heteroatoms. The lowest BCUT2D eigenvalue weighted by Crippen LogP contribution is -1.97. The van der Waals surface area contributed by atoms with Gasteiger partial charge in [0.25, 0.3) is 0 Å². The van der Waals surface area contributed by atoms with Crippen molar-refractivity contribution >= 4 is 5.65 Å². The topological polar surface area (TPSA) is 76.7 Å². The van der Waals surface area contributed by atoms with Crippen molar-refractivity contribution in [2.24, 2.45) is 7.05 Å². The number of rotatable bonds is 2. The Morgan fingerprint density at radius 1 is 1.25 bits per heavy atom. The zero-order valence-electron chi connectivity index (χ0n) is 10.7. The van der Waals surface area contributed by atoms with Crippen molar-refractivity contribution in [3.05, 3.63) is 43.1 Å². The number of nitrogens with one attached hydrogen (secondary N) is 1. The lowest BCUT2D eigenvalue weighted by atomic mass is 10.2. The van der Waals surface area contributed by atoms with Gasteiger partial charge in [-0.15, -0.1) is 0 Å². The molecule has 0 aliphatic heterocycles. The first-order valence-corrected chi connectivity index (χ1v) is 6.14. The molecule has 0 saturated carbocycles. The fourth-order valence-electron chi connectivity index (χ4n) is 2.20. The van der Waals surface area contributed by atoms with Crippen LogP contribution >= 0.6 is 0 Å². The second kappa shape index (κ2) is 4.02. The Morgan fingerprint density at radius 2 is 2.20 bits per heavy atom. The molecule has 4 aromatic heterocycles. The highest BCUT2D eigenvalue weighted by Gasteiger charge is 2.11. The van der Waals surface area contributed by atoms with Gasteiger partial charge in [0.1, 0.15) is 11.3 Å². The van der Waals surface area contributed by atoms with Crippen LogP contribution < -0.4 is 0 Å². The van der Waals surface area contributed by atoms with Crippen LogP contribution in [0.1, 0.15) is 0 Å². The van der Waals surface area contributed by atoms with Crippen LogP contribution in [0.25, 0.3) is 28.4 Å². The maximum Gasteiger partial charge on any atom is 0.164 e. The van der Waals surface area contributed by atoms with Crippen molar-refractivity contribution in [2.45, 2.75) is 0 Å². The van der Waals surface area contributed by atoms with Crippen molar-refractivity contribution in [2.75, 3.05) is 0 Å². The molecule has 98 valence electrons. The van der Waals surface area contributed by atoms with E-state index in [0.717, 1.165) is 28.4 Å². The van der Waals surface area contributed by atoms with Crippen molar-refractivity contribution in [3.63, 3.8) is 0 Å². The van der Waals surface area contributed by atoms with E-state index in [1.807, 2.05) is 36.0 Å². The van der Waals surface area contributed by atoms with E-state index >= 15 is 0 Å². The van der Waals surface area contributed by atoms with Gasteiger partial charge >= 0.3 is 0 Å². The van der Waals surface area contributed by atoms with E-state index in [0.29, 0.717) is 0 Å². The summed E-state index contributed by atoms with van der Waals surface area (Å²) in [6.45, 7) is 0. The van der Waals surface area contributed by atoms with Crippen LogP contribution in [-0.2, 0) is 7.05 Å². The standard InChI is InChI=1S/C13H11N7/c1-19-8-9(7-16-19)11-6-12-14-4-5-20(12)13(17-11)10-2-3-15-18-10/h2-8H,1H3,(H,15,18). The monoisotopic (exact) mass is 265 g/mol. The van der Waals surface area contributed by atoms with Gasteiger partial charge in [-0.25, -0.2) is 9.97 Å². The molecule has 4 aromatic rings. The van der Waals surface area contributed by atoms with E-state index in [1.54, 1.807) is 23.3 Å². The lowest BCUT2D eigenvalue weighted by molar-refractivity contribution is 0.768. The fourth-order valence-corrected chi connectivity index (χ4v) is 2.20. The normalized spacial score (nSPS) is 11.2. The van der Waals surface area contributed by atoms with Crippen LogP contribution in [0, 0.1) is 0 Å². The second-order valence-corrected chi connectivity index (χ2v) is 4.49. The summed E-state index contributed by atoms with van der Waals surface area (Å²) >= 11 is 0. The van der Waals surface area contributed by atoms with Gasteiger partial charge in [0.2, 0.25) is 0 Å². The summed E-state index contributed by atoms with van der Waals surface area (Å²) < 4.78 is 3.68. The van der Waals surface area contributed by atoms with E-state index in [-0.39, 0.29) is 0 Å². The predicted octanol–water partition coefficient (Wildman–Crippen LogP) is 1.52. The number of imidazole rings is 1. The van der Waals surface area contributed by atoms with Crippen LogP contribution in [0.5, 0.6) is 0 Å². The van der Waals surface area contributed by atoms with Gasteiger partial charge in [-0.1, -0.05) is 0 Å². The highest BCUT2D eigenvalue weighted by atomic mass is 15.2. The second-order valence-electron chi connectivity index (χ2n) is 4.49. The van der Waals surface area contributed by atoms with Gasteiger partial charge in [0, 0.05) is 43.5 Å². The Kier molecular flexibility index (Phi) is 2.19. The Labute approximate surface area is 113 Å². The minimum absolute atomic E-state index is 0.774. The van der Waals surface area contributed by atoms with E-state index in [2.05, 4.69) is 20.3 Å². The molecule has 0 amide bonds. The summed E-state index contributed by atoms with van der Waals surface area (Å²) in [5.41, 5.74) is 3.47. The molecule has 0 fully saturated rings. The van der Waals surface area contributed by atoms with E-state index in [4.69, 9.17) is 4.98 Å². The molecular formula is C13H11N7. The highest BCUT2D eigenvalue weighted by Crippen LogP contribution is 2.23. The minimum atomic E-state index is 0.774. The fraction of sp³-hybridized carbons (Fsp3) is 0.0769. The van der Waals surface area contributed by atoms with Crippen LogP contribution in [0.15, 0.2) is 43.1 Å². The highest BCUT2D eigenvalue weighted by molar-refractivity contribution is 5.67. The molecule has 0 saturated heterocycles. The lowest BCUT2D eigenvalue weighted by Gasteiger charge is -2.05. The van der Waals surface area contributed by atoms with E-state index < -0.39 is 0 Å². The Balaban J connectivity index is 2.00. The maximum absolute atomic E-state index is 4.70. The van der Waals surface area contributed by atoms with Crippen molar-refractivity contribution in [1.82, 2.24) is 34.3 Å². The Morgan fingerprint density at radius 3 is 2.95 bits per heavy atom. The first kappa shape index (κ1) is 10.9. The maximum atomic E-state index is 4.70. The van der Waals surface area contributed by atoms with Crippen molar-refractivity contribution < 1.29 is 0 Å². The van der Waals surface area contributed by atoms with E-state index in [9.17, 15) is 0 Å². The molecule has 0 radical (unpaired) electrons. The summed E-state index contributed by atoms with van der Waals surface area (Å²) in [5.74, 6) is 0.774.